The van der Waals surface area contributed by atoms with Crippen LogP contribution in [0.5, 0.6) is 0 Å². The molecule has 3 nitrogen and oxygen atoms in total. The highest BCUT2D eigenvalue weighted by Gasteiger charge is 2.27. The van der Waals surface area contributed by atoms with Gasteiger partial charge in [-0.3, -0.25) is 0 Å². The van der Waals surface area contributed by atoms with Gasteiger partial charge in [-0.05, 0) is 29.8 Å². The lowest BCUT2D eigenvalue weighted by Gasteiger charge is -2.13. The van der Waals surface area contributed by atoms with Gasteiger partial charge in [0.2, 0.25) is 5.90 Å². The van der Waals surface area contributed by atoms with E-state index in [1.165, 1.54) is 0 Å². The highest BCUT2D eigenvalue weighted by atomic mass is 79.9. The maximum atomic E-state index is 10.3. The van der Waals surface area contributed by atoms with Crippen LogP contribution in [-0.2, 0) is 4.74 Å². The minimum Gasteiger partial charge on any atom is -0.475 e. The molecule has 0 radical (unpaired) electrons. The second-order valence-corrected chi connectivity index (χ2v) is 5.59. The molecule has 102 valence electrons. The summed E-state index contributed by atoms with van der Waals surface area (Å²) < 4.78 is 6.62. The van der Waals surface area contributed by atoms with Crippen molar-refractivity contribution in [1.82, 2.24) is 0 Å². The monoisotopic (exact) mass is 331 g/mol. The number of ether oxygens (including phenoxy) is 1. The van der Waals surface area contributed by atoms with Gasteiger partial charge in [-0.25, -0.2) is 4.99 Å². The molecule has 0 bridgehead atoms. The molecule has 1 N–H and O–H groups in total. The van der Waals surface area contributed by atoms with Crippen LogP contribution in [0.3, 0.4) is 0 Å². The molecule has 2 atom stereocenters. The van der Waals surface area contributed by atoms with Crippen LogP contribution in [-0.4, -0.2) is 23.7 Å². The third kappa shape index (κ3) is 2.76. The van der Waals surface area contributed by atoms with Crippen molar-refractivity contribution in [2.45, 2.75) is 12.1 Å². The molecule has 3 rings (SSSR count). The lowest BCUT2D eigenvalue weighted by atomic mass is 10.0. The summed E-state index contributed by atoms with van der Waals surface area (Å²) in [5.41, 5.74) is 1.79. The molecule has 4 heteroatoms. The number of aliphatic hydroxyl groups excluding tert-OH is 1. The van der Waals surface area contributed by atoms with Gasteiger partial charge in [0.15, 0.2) is 0 Å². The van der Waals surface area contributed by atoms with Crippen molar-refractivity contribution in [3.05, 3.63) is 70.2 Å². The van der Waals surface area contributed by atoms with Crippen molar-refractivity contribution in [3.8, 4) is 0 Å². The number of aliphatic hydroxyl groups is 1. The Morgan fingerprint density at radius 3 is 2.50 bits per heavy atom. The van der Waals surface area contributed by atoms with Crippen molar-refractivity contribution < 1.29 is 9.84 Å². The second-order valence-electron chi connectivity index (χ2n) is 4.68. The van der Waals surface area contributed by atoms with E-state index in [-0.39, 0.29) is 6.04 Å². The van der Waals surface area contributed by atoms with E-state index in [0.717, 1.165) is 15.6 Å². The van der Waals surface area contributed by atoms with E-state index in [0.29, 0.717) is 12.5 Å². The molecule has 2 aromatic rings. The first-order valence-corrected chi connectivity index (χ1v) is 7.23. The fourth-order valence-corrected chi connectivity index (χ4v) is 2.44. The van der Waals surface area contributed by atoms with Crippen LogP contribution in [0, 0.1) is 0 Å². The molecule has 0 unspecified atom stereocenters. The van der Waals surface area contributed by atoms with Crippen molar-refractivity contribution in [3.63, 3.8) is 0 Å². The zero-order valence-electron chi connectivity index (χ0n) is 10.7. The number of rotatable bonds is 3. The summed E-state index contributed by atoms with van der Waals surface area (Å²) >= 11 is 3.40. The van der Waals surface area contributed by atoms with Crippen molar-refractivity contribution in [2.24, 2.45) is 4.99 Å². The van der Waals surface area contributed by atoms with Crippen LogP contribution in [0.25, 0.3) is 0 Å². The van der Waals surface area contributed by atoms with E-state index in [4.69, 9.17) is 4.74 Å². The van der Waals surface area contributed by atoms with Gasteiger partial charge in [0, 0.05) is 10.0 Å². The van der Waals surface area contributed by atoms with Crippen molar-refractivity contribution in [1.29, 1.82) is 0 Å². The van der Waals surface area contributed by atoms with E-state index in [2.05, 4.69) is 20.9 Å². The predicted octanol–water partition coefficient (Wildman–Crippen LogP) is 3.33. The summed E-state index contributed by atoms with van der Waals surface area (Å²) in [5, 5.41) is 10.3. The quantitative estimate of drug-likeness (QED) is 0.937. The summed E-state index contributed by atoms with van der Waals surface area (Å²) in [6, 6.07) is 17.1. The highest BCUT2D eigenvalue weighted by Crippen LogP contribution is 2.24. The standard InChI is InChI=1S/C16H14BrNO2/c17-13-8-6-12(7-9-13)16-18-14(10-20-16)15(19)11-4-2-1-3-5-11/h1-9,14-15,19H,10H2/t14-,15-/m0/s1. The Balaban J connectivity index is 1.79. The average molecular weight is 332 g/mol. The molecule has 2 aromatic carbocycles. The Hall–Kier alpha value is -1.65. The molecule has 0 saturated heterocycles. The van der Waals surface area contributed by atoms with Crippen molar-refractivity contribution in [2.75, 3.05) is 6.61 Å². The summed E-state index contributed by atoms with van der Waals surface area (Å²) in [4.78, 5) is 4.49. The zero-order chi connectivity index (χ0) is 13.9. The Bertz CT molecular complexity index is 610. The normalized spacial score (nSPS) is 19.3. The first-order chi connectivity index (χ1) is 9.74. The third-order valence-corrected chi connectivity index (χ3v) is 3.80. The zero-order valence-corrected chi connectivity index (χ0v) is 12.3. The first kappa shape index (κ1) is 13.3. The maximum Gasteiger partial charge on any atom is 0.216 e. The van der Waals surface area contributed by atoms with Gasteiger partial charge in [0.05, 0.1) is 0 Å². The maximum absolute atomic E-state index is 10.3. The van der Waals surface area contributed by atoms with Crippen LogP contribution >= 0.6 is 15.9 Å². The predicted molar refractivity (Wildman–Crippen MR) is 81.8 cm³/mol. The number of halogens is 1. The van der Waals surface area contributed by atoms with Gasteiger partial charge in [-0.2, -0.15) is 0 Å². The lowest BCUT2D eigenvalue weighted by Crippen LogP contribution is -2.17. The van der Waals surface area contributed by atoms with Crippen LogP contribution in [0.1, 0.15) is 17.2 Å². The molecule has 0 aromatic heterocycles. The molecule has 1 aliphatic rings. The summed E-state index contributed by atoms with van der Waals surface area (Å²) in [6.45, 7) is 0.404. The summed E-state index contributed by atoms with van der Waals surface area (Å²) in [7, 11) is 0. The first-order valence-electron chi connectivity index (χ1n) is 6.43. The van der Waals surface area contributed by atoms with Crippen LogP contribution < -0.4 is 0 Å². The van der Waals surface area contributed by atoms with Crippen LogP contribution in [0.2, 0.25) is 0 Å². The molecular formula is C16H14BrNO2. The van der Waals surface area contributed by atoms with E-state index in [1.807, 2.05) is 54.6 Å². The molecule has 0 fully saturated rings. The average Bonchev–Trinajstić information content (AvgIpc) is 2.98. The van der Waals surface area contributed by atoms with E-state index in [1.54, 1.807) is 0 Å². The minimum absolute atomic E-state index is 0.254. The molecule has 1 heterocycles. The Morgan fingerprint density at radius 1 is 1.10 bits per heavy atom. The molecule has 1 aliphatic heterocycles. The van der Waals surface area contributed by atoms with Gasteiger partial charge in [0.1, 0.15) is 18.8 Å². The van der Waals surface area contributed by atoms with Crippen LogP contribution in [0.4, 0.5) is 0 Å². The van der Waals surface area contributed by atoms with Gasteiger partial charge >= 0.3 is 0 Å². The minimum atomic E-state index is -0.635. The SMILES string of the molecule is O[C@@H](c1ccccc1)[C@@H]1COC(c2ccc(Br)cc2)=N1. The molecular weight excluding hydrogens is 318 g/mol. The molecule has 0 aliphatic carbocycles. The molecule has 0 saturated carbocycles. The number of benzene rings is 2. The Morgan fingerprint density at radius 2 is 1.80 bits per heavy atom. The molecule has 0 amide bonds. The Labute approximate surface area is 126 Å². The lowest BCUT2D eigenvalue weighted by molar-refractivity contribution is 0.130. The Kier molecular flexibility index (Phi) is 3.85. The van der Waals surface area contributed by atoms with Crippen LogP contribution in [0.15, 0.2) is 64.1 Å². The fraction of sp³-hybridized carbons (Fsp3) is 0.188. The highest BCUT2D eigenvalue weighted by molar-refractivity contribution is 9.10. The van der Waals surface area contributed by atoms with E-state index < -0.39 is 6.10 Å². The number of nitrogens with zero attached hydrogens (tertiary/aromatic N) is 1. The topological polar surface area (TPSA) is 41.8 Å². The summed E-state index contributed by atoms with van der Waals surface area (Å²) in [6.07, 6.45) is -0.635. The van der Waals surface area contributed by atoms with Gasteiger partial charge in [0.25, 0.3) is 0 Å². The smallest absolute Gasteiger partial charge is 0.216 e. The number of hydrogen-bond acceptors (Lipinski definition) is 3. The van der Waals surface area contributed by atoms with Gasteiger partial charge < -0.3 is 9.84 Å². The molecule has 0 spiro atoms. The fourth-order valence-electron chi connectivity index (χ4n) is 2.17. The van der Waals surface area contributed by atoms with E-state index in [9.17, 15) is 5.11 Å². The number of hydrogen-bond donors (Lipinski definition) is 1. The number of aliphatic imine (C=N–C) groups is 1. The second kappa shape index (κ2) is 5.77. The third-order valence-electron chi connectivity index (χ3n) is 3.27. The molecule has 20 heavy (non-hydrogen) atoms. The van der Waals surface area contributed by atoms with Gasteiger partial charge in [-0.15, -0.1) is 0 Å². The van der Waals surface area contributed by atoms with Gasteiger partial charge in [-0.1, -0.05) is 46.3 Å². The summed E-state index contributed by atoms with van der Waals surface area (Å²) in [5.74, 6) is 0.595. The largest absolute Gasteiger partial charge is 0.475 e. The van der Waals surface area contributed by atoms with E-state index >= 15 is 0 Å². The van der Waals surface area contributed by atoms with Crippen molar-refractivity contribution >= 4 is 21.8 Å².